The average Bonchev–Trinajstić information content (AvgIpc) is 3.32. The Bertz CT molecular complexity index is 1970. The van der Waals surface area contributed by atoms with Gasteiger partial charge >= 0.3 is 0 Å². The van der Waals surface area contributed by atoms with E-state index >= 15 is 0 Å². The summed E-state index contributed by atoms with van der Waals surface area (Å²) in [6.45, 7) is 5.16. The lowest BCUT2D eigenvalue weighted by Gasteiger charge is -2.28. The maximum atomic E-state index is 14.4. The summed E-state index contributed by atoms with van der Waals surface area (Å²) in [5.41, 5.74) is 29.6. The van der Waals surface area contributed by atoms with Crippen molar-refractivity contribution in [2.24, 2.45) is 58.3 Å². The maximum Gasteiger partial charge on any atom is 0.243 e. The Hall–Kier alpha value is -5.56. The third-order valence-electron chi connectivity index (χ3n) is 12.6. The molecule has 0 radical (unpaired) electrons. The predicted octanol–water partition coefficient (Wildman–Crippen LogP) is -3.36. The molecule has 1 saturated heterocycles. The maximum absolute atomic E-state index is 14.4. The molecule has 0 aromatic heterocycles. The predicted molar refractivity (Wildman–Crippen MR) is 266 cm³/mol. The molecule has 1 heterocycles. The summed E-state index contributed by atoms with van der Waals surface area (Å²) in [5, 5.41) is 37.0. The second-order valence-electron chi connectivity index (χ2n) is 19.1. The number of carbonyl (C=O) groups is 10. The fourth-order valence-electron chi connectivity index (χ4n) is 8.39. The summed E-state index contributed by atoms with van der Waals surface area (Å²) in [4.78, 5) is 138. The highest BCUT2D eigenvalue weighted by atomic mass is 16.3. The Morgan fingerprint density at radius 2 is 1.19 bits per heavy atom. The molecule has 0 bridgehead atoms. The molecule has 1 aliphatic heterocycles. The minimum absolute atomic E-state index is 0.0291. The number of amides is 6. The summed E-state index contributed by atoms with van der Waals surface area (Å²) in [6.07, 6.45) is -5.24. The molecule has 0 aliphatic carbocycles. The van der Waals surface area contributed by atoms with Gasteiger partial charge in [0, 0.05) is 44.1 Å². The van der Waals surface area contributed by atoms with Crippen molar-refractivity contribution in [3.63, 3.8) is 0 Å². The Balaban J connectivity index is 2.75. The first-order valence-corrected chi connectivity index (χ1v) is 24.9. The van der Waals surface area contributed by atoms with Crippen LogP contribution in [-0.4, -0.2) is 150 Å². The lowest BCUT2D eigenvalue weighted by atomic mass is 9.89. The zero-order chi connectivity index (χ0) is 54.1. The molecule has 72 heavy (non-hydrogen) atoms. The van der Waals surface area contributed by atoms with E-state index in [0.717, 1.165) is 0 Å². The Kier molecular flexibility index (Phi) is 28.2. The number of nitrogens with one attached hydrogen (secondary N) is 6. The van der Waals surface area contributed by atoms with Gasteiger partial charge in [0.2, 0.25) is 35.4 Å². The minimum atomic E-state index is -1.41. The highest BCUT2D eigenvalue weighted by Crippen LogP contribution is 2.20. The smallest absolute Gasteiger partial charge is 0.243 e. The molecule has 0 saturated carbocycles. The Labute approximate surface area is 421 Å². The van der Waals surface area contributed by atoms with Gasteiger partial charge in [-0.2, -0.15) is 0 Å². The molecule has 18 N–H and O–H groups in total. The molecule has 2 unspecified atom stereocenters. The van der Waals surface area contributed by atoms with Gasteiger partial charge in [-0.05, 0) is 96.5 Å². The van der Waals surface area contributed by atoms with Gasteiger partial charge in [-0.15, -0.1) is 0 Å². The zero-order valence-corrected chi connectivity index (χ0v) is 42.2. The topological polar surface area (TPSA) is 413 Å². The van der Waals surface area contributed by atoms with E-state index in [9.17, 15) is 58.2 Å². The number of aliphatic hydroxyl groups excluding tert-OH is 2. The monoisotopic (exact) mass is 1020 g/mol. The largest absolute Gasteiger partial charge is 0.393 e. The molecule has 1 fully saturated rings. The minimum Gasteiger partial charge on any atom is -0.393 e. The molecule has 404 valence electrons. The normalized spacial score (nSPS) is 24.4. The van der Waals surface area contributed by atoms with Crippen LogP contribution in [0.5, 0.6) is 0 Å². The number of hydrogen-bond donors (Lipinski definition) is 13. The van der Waals surface area contributed by atoms with Crippen LogP contribution >= 0.6 is 0 Å². The highest BCUT2D eigenvalue weighted by molar-refractivity contribution is 5.98. The molecular formula is C49H81N11O12. The summed E-state index contributed by atoms with van der Waals surface area (Å²) >= 11 is 0. The third-order valence-corrected chi connectivity index (χ3v) is 12.6. The number of ketones is 4. The third kappa shape index (κ3) is 21.3. The van der Waals surface area contributed by atoms with Crippen LogP contribution in [0.25, 0.3) is 0 Å². The van der Waals surface area contributed by atoms with Crippen molar-refractivity contribution in [3.8, 4) is 0 Å². The van der Waals surface area contributed by atoms with Gasteiger partial charge in [-0.25, -0.2) is 0 Å². The van der Waals surface area contributed by atoms with E-state index in [1.54, 1.807) is 30.3 Å². The second-order valence-corrected chi connectivity index (χ2v) is 19.1. The molecule has 1 aliphatic rings. The van der Waals surface area contributed by atoms with E-state index < -0.39 is 157 Å². The van der Waals surface area contributed by atoms with Crippen LogP contribution in [-0.2, 0) is 54.4 Å². The van der Waals surface area contributed by atoms with E-state index in [-0.39, 0.29) is 83.6 Å². The number of carbonyl (C=O) groups excluding carboxylic acids is 10. The first kappa shape index (κ1) is 62.6. The summed E-state index contributed by atoms with van der Waals surface area (Å²) in [7, 11) is 0. The van der Waals surface area contributed by atoms with Crippen LogP contribution < -0.4 is 60.6 Å². The van der Waals surface area contributed by atoms with Crippen molar-refractivity contribution >= 4 is 58.6 Å². The van der Waals surface area contributed by atoms with Gasteiger partial charge in [0.15, 0.2) is 17.3 Å². The van der Waals surface area contributed by atoms with Crippen molar-refractivity contribution in [2.45, 2.75) is 141 Å². The van der Waals surface area contributed by atoms with Crippen molar-refractivity contribution in [1.82, 2.24) is 31.9 Å². The highest BCUT2D eigenvalue weighted by Gasteiger charge is 2.37. The zero-order valence-electron chi connectivity index (χ0n) is 42.2. The van der Waals surface area contributed by atoms with Crippen LogP contribution in [0.15, 0.2) is 30.3 Å². The van der Waals surface area contributed by atoms with E-state index in [0.29, 0.717) is 5.56 Å². The molecule has 2 rings (SSSR count). The number of nitrogens with two attached hydrogens (primary N) is 5. The summed E-state index contributed by atoms with van der Waals surface area (Å²) in [5.74, 6) is -12.4. The van der Waals surface area contributed by atoms with Gasteiger partial charge < -0.3 is 70.8 Å². The van der Waals surface area contributed by atoms with Crippen molar-refractivity contribution in [1.29, 1.82) is 0 Å². The number of Topliss-reactive ketones (excluding diaryl/α,β-unsaturated/α-hetero) is 4. The van der Waals surface area contributed by atoms with Crippen molar-refractivity contribution in [2.75, 3.05) is 39.3 Å². The molecule has 6 amide bonds. The molecule has 23 nitrogen and oxygen atoms in total. The SMILES string of the molecule is CC(C)C[C@@H]1NC(=O)[C@@H](Cc2ccccc2)CC(=O)[C@H](CCN)NC(=O)[C@@H](CC(=O)[C@H](CCN)NC(=O)[C@@H](CC(=O)CN)C(C)O)CCNC(=O)[C@H](C(C)O)CC(=O)[C@H](CCN)NC(=O)[C@H](CCN)NC1=O. The molecular weight excluding hydrogens is 935 g/mol. The van der Waals surface area contributed by atoms with Crippen LogP contribution in [0.1, 0.15) is 97.5 Å². The number of benzene rings is 1. The van der Waals surface area contributed by atoms with Gasteiger partial charge in [0.1, 0.15) is 17.9 Å². The molecule has 1 aromatic carbocycles. The number of hydrogen-bond acceptors (Lipinski definition) is 17. The van der Waals surface area contributed by atoms with Crippen LogP contribution in [0.3, 0.4) is 0 Å². The standard InChI is InChI=1S/C49H81N11O12/c1-27(2)20-40-49(72)59-39(13-18-53)48(71)58-38(12-17-52)43(66)25-35(29(4)62)46(69)55-19-14-31(22-41(64)37(11-16-51)57-47(70)34(28(3)61)24-33(63)26-54)44(67)56-36(10-15-50)42(65)23-32(45(68)60-40)21-30-8-6-5-7-9-30/h5-9,27-29,31-32,34-40,61-62H,10-26,50-54H2,1-4H3,(H,55,69)(H,56,67)(H,57,70)(H,58,71)(H,59,72)(H,60,68)/t28?,29?,31-,32+,34+,35+,36+,37+,38+,39+,40+/m1/s1. The van der Waals surface area contributed by atoms with Gasteiger partial charge in [0.25, 0.3) is 0 Å². The lowest BCUT2D eigenvalue weighted by molar-refractivity contribution is -0.137. The van der Waals surface area contributed by atoms with E-state index in [4.69, 9.17) is 28.7 Å². The van der Waals surface area contributed by atoms with Gasteiger partial charge in [0.05, 0.1) is 48.7 Å². The lowest BCUT2D eigenvalue weighted by Crippen LogP contribution is -2.57. The fourth-order valence-corrected chi connectivity index (χ4v) is 8.39. The Morgan fingerprint density at radius 1 is 0.667 bits per heavy atom. The van der Waals surface area contributed by atoms with Crippen LogP contribution in [0.2, 0.25) is 0 Å². The van der Waals surface area contributed by atoms with Gasteiger partial charge in [-0.3, -0.25) is 47.9 Å². The van der Waals surface area contributed by atoms with Crippen molar-refractivity contribution < 1.29 is 58.2 Å². The van der Waals surface area contributed by atoms with Crippen LogP contribution in [0.4, 0.5) is 0 Å². The van der Waals surface area contributed by atoms with Crippen LogP contribution in [0, 0.1) is 29.6 Å². The number of rotatable bonds is 22. The molecule has 0 spiro atoms. The molecule has 11 atom stereocenters. The fraction of sp³-hybridized carbons (Fsp3) is 0.673. The average molecular weight is 1020 g/mol. The summed E-state index contributed by atoms with van der Waals surface area (Å²) < 4.78 is 0. The van der Waals surface area contributed by atoms with Gasteiger partial charge in [-0.1, -0.05) is 44.2 Å². The Morgan fingerprint density at radius 3 is 1.74 bits per heavy atom. The second kappa shape index (κ2) is 32.5. The molecule has 23 heteroatoms. The van der Waals surface area contributed by atoms with E-state index in [1.165, 1.54) is 13.8 Å². The first-order valence-electron chi connectivity index (χ1n) is 24.9. The summed E-state index contributed by atoms with van der Waals surface area (Å²) in [6, 6.07) is 2.41. The number of aliphatic hydroxyl groups is 2. The molecule has 1 aromatic rings. The van der Waals surface area contributed by atoms with E-state index in [1.807, 2.05) is 13.8 Å². The quantitative estimate of drug-likeness (QED) is 0.0539. The van der Waals surface area contributed by atoms with E-state index in [2.05, 4.69) is 31.9 Å². The van der Waals surface area contributed by atoms with Crippen molar-refractivity contribution in [3.05, 3.63) is 35.9 Å². The first-order chi connectivity index (χ1) is 34.1.